The molecule has 5 nitrogen and oxygen atoms in total. The minimum atomic E-state index is 0.0358. The molecule has 1 N–H and O–H groups in total. The Bertz CT molecular complexity index is 929. The number of ether oxygens (including phenoxy) is 1. The highest BCUT2D eigenvalue weighted by molar-refractivity contribution is 5.94. The van der Waals surface area contributed by atoms with Crippen LogP contribution in [0.1, 0.15) is 51.0 Å². The first-order valence-corrected chi connectivity index (χ1v) is 10.1. The highest BCUT2D eigenvalue weighted by atomic mass is 16.5. The monoisotopic (exact) mass is 379 g/mol. The van der Waals surface area contributed by atoms with Gasteiger partial charge >= 0.3 is 0 Å². The number of amides is 1. The van der Waals surface area contributed by atoms with Gasteiger partial charge in [-0.1, -0.05) is 32.6 Å². The minimum absolute atomic E-state index is 0.0358. The van der Waals surface area contributed by atoms with Crippen molar-refractivity contribution in [3.05, 3.63) is 48.2 Å². The van der Waals surface area contributed by atoms with E-state index in [1.807, 2.05) is 53.9 Å². The average molecular weight is 380 g/mol. The maximum Gasteiger partial charge on any atom is 0.225 e. The highest BCUT2D eigenvalue weighted by Gasteiger charge is 2.16. The van der Waals surface area contributed by atoms with Gasteiger partial charge in [0, 0.05) is 18.2 Å². The van der Waals surface area contributed by atoms with Gasteiger partial charge in [-0.05, 0) is 55.3 Å². The smallest absolute Gasteiger partial charge is 0.225 e. The lowest BCUT2D eigenvalue weighted by atomic mass is 10.1. The average Bonchev–Trinajstić information content (AvgIpc) is 3.05. The maximum atomic E-state index is 12.6. The van der Waals surface area contributed by atoms with Crippen LogP contribution in [0.4, 0.5) is 5.82 Å². The zero-order chi connectivity index (χ0) is 19.9. The third-order valence-corrected chi connectivity index (χ3v) is 4.91. The van der Waals surface area contributed by atoms with Crippen LogP contribution < -0.4 is 10.1 Å². The Morgan fingerprint density at radius 1 is 1.11 bits per heavy atom. The number of hydrogen-bond acceptors (Lipinski definition) is 3. The molecule has 0 saturated heterocycles. The molecule has 28 heavy (non-hydrogen) atoms. The van der Waals surface area contributed by atoms with Crippen LogP contribution in [0.25, 0.3) is 16.9 Å². The molecule has 0 aliphatic heterocycles. The van der Waals surface area contributed by atoms with Crippen LogP contribution in [0.2, 0.25) is 0 Å². The number of methoxy groups -OCH3 is 1. The van der Waals surface area contributed by atoms with E-state index < -0.39 is 0 Å². The predicted octanol–water partition coefficient (Wildman–Crippen LogP) is 5.62. The number of carbonyl (C=O) groups is 1. The molecule has 2 heterocycles. The van der Waals surface area contributed by atoms with Crippen LogP contribution in [0, 0.1) is 6.92 Å². The molecule has 3 rings (SSSR count). The Kier molecular flexibility index (Phi) is 6.69. The molecule has 0 spiro atoms. The van der Waals surface area contributed by atoms with Crippen molar-refractivity contribution in [2.75, 3.05) is 12.4 Å². The third-order valence-electron chi connectivity index (χ3n) is 4.91. The van der Waals surface area contributed by atoms with Gasteiger partial charge in [0.15, 0.2) is 0 Å². The first-order valence-electron chi connectivity index (χ1n) is 10.1. The van der Waals surface area contributed by atoms with Crippen molar-refractivity contribution in [3.63, 3.8) is 0 Å². The van der Waals surface area contributed by atoms with Crippen LogP contribution >= 0.6 is 0 Å². The summed E-state index contributed by atoms with van der Waals surface area (Å²) in [6.07, 6.45) is 8.13. The summed E-state index contributed by atoms with van der Waals surface area (Å²) in [5.74, 6) is 1.55. The number of nitrogens with zero attached hydrogens (tertiary/aromatic N) is 2. The molecule has 0 fully saturated rings. The second kappa shape index (κ2) is 9.40. The highest BCUT2D eigenvalue weighted by Crippen LogP contribution is 2.30. The number of anilines is 1. The van der Waals surface area contributed by atoms with Crippen molar-refractivity contribution in [2.24, 2.45) is 0 Å². The fourth-order valence-corrected chi connectivity index (χ4v) is 3.30. The summed E-state index contributed by atoms with van der Waals surface area (Å²) >= 11 is 0. The molecule has 3 aromatic rings. The number of imidazole rings is 1. The first kappa shape index (κ1) is 19.9. The third kappa shape index (κ3) is 4.71. The van der Waals surface area contributed by atoms with Gasteiger partial charge < -0.3 is 10.1 Å². The number of carbonyl (C=O) groups excluding carboxylic acids is 1. The molecule has 0 atom stereocenters. The Morgan fingerprint density at radius 3 is 2.57 bits per heavy atom. The van der Waals surface area contributed by atoms with E-state index in [1.165, 1.54) is 19.3 Å². The number of pyridine rings is 1. The van der Waals surface area contributed by atoms with Crippen molar-refractivity contribution < 1.29 is 9.53 Å². The van der Waals surface area contributed by atoms with Crippen molar-refractivity contribution >= 4 is 17.4 Å². The van der Waals surface area contributed by atoms with Gasteiger partial charge in [-0.3, -0.25) is 9.20 Å². The summed E-state index contributed by atoms with van der Waals surface area (Å²) in [4.78, 5) is 17.3. The van der Waals surface area contributed by atoms with Crippen molar-refractivity contribution in [3.8, 4) is 17.0 Å². The van der Waals surface area contributed by atoms with Crippen molar-refractivity contribution in [1.29, 1.82) is 0 Å². The Hall–Kier alpha value is -2.82. The van der Waals surface area contributed by atoms with Crippen LogP contribution in [0.3, 0.4) is 0 Å². The van der Waals surface area contributed by atoms with Crippen LogP contribution in [-0.2, 0) is 4.79 Å². The number of nitrogens with one attached hydrogen (secondary N) is 1. The van der Waals surface area contributed by atoms with E-state index in [2.05, 4.69) is 12.2 Å². The SMILES string of the molecule is CCCCCCCC(=O)Nc1c(-c2ccc(OC)cc2)nc2cc(C)ccn12. The molecule has 0 unspecified atom stereocenters. The fraction of sp³-hybridized carbons (Fsp3) is 0.391. The largest absolute Gasteiger partial charge is 0.497 e. The van der Waals surface area contributed by atoms with E-state index in [9.17, 15) is 4.79 Å². The number of fused-ring (bicyclic) bond motifs is 1. The van der Waals surface area contributed by atoms with E-state index in [0.29, 0.717) is 6.42 Å². The van der Waals surface area contributed by atoms with Gasteiger partial charge in [0.25, 0.3) is 0 Å². The van der Waals surface area contributed by atoms with Gasteiger partial charge in [-0.25, -0.2) is 4.98 Å². The summed E-state index contributed by atoms with van der Waals surface area (Å²) in [7, 11) is 1.65. The zero-order valence-corrected chi connectivity index (χ0v) is 17.0. The number of benzene rings is 1. The summed E-state index contributed by atoms with van der Waals surface area (Å²) < 4.78 is 7.20. The Balaban J connectivity index is 1.85. The van der Waals surface area contributed by atoms with E-state index >= 15 is 0 Å². The summed E-state index contributed by atoms with van der Waals surface area (Å²) in [5.41, 5.74) is 3.67. The fourth-order valence-electron chi connectivity index (χ4n) is 3.30. The lowest BCUT2D eigenvalue weighted by Crippen LogP contribution is -2.13. The minimum Gasteiger partial charge on any atom is -0.497 e. The van der Waals surface area contributed by atoms with Gasteiger partial charge in [-0.2, -0.15) is 0 Å². The number of aromatic nitrogens is 2. The molecule has 0 saturated carbocycles. The van der Waals surface area contributed by atoms with E-state index in [0.717, 1.165) is 46.9 Å². The summed E-state index contributed by atoms with van der Waals surface area (Å²) in [6.45, 7) is 4.23. The van der Waals surface area contributed by atoms with Gasteiger partial charge in [0.2, 0.25) is 5.91 Å². The molecule has 148 valence electrons. The molecule has 1 aromatic carbocycles. The lowest BCUT2D eigenvalue weighted by Gasteiger charge is -2.09. The molecule has 1 amide bonds. The van der Waals surface area contributed by atoms with Crippen molar-refractivity contribution in [2.45, 2.75) is 52.4 Å². The predicted molar refractivity (Wildman–Crippen MR) is 114 cm³/mol. The molecule has 5 heteroatoms. The summed E-state index contributed by atoms with van der Waals surface area (Å²) in [6, 6.07) is 11.8. The number of unbranched alkanes of at least 4 members (excludes halogenated alkanes) is 4. The normalized spacial score (nSPS) is 11.0. The molecule has 0 aliphatic rings. The molecule has 0 radical (unpaired) electrons. The van der Waals surface area contributed by atoms with E-state index in [4.69, 9.17) is 9.72 Å². The molecule has 0 aliphatic carbocycles. The van der Waals surface area contributed by atoms with E-state index in [-0.39, 0.29) is 5.91 Å². The first-order chi connectivity index (χ1) is 13.6. The van der Waals surface area contributed by atoms with Crippen molar-refractivity contribution in [1.82, 2.24) is 9.38 Å². The van der Waals surface area contributed by atoms with Gasteiger partial charge in [-0.15, -0.1) is 0 Å². The van der Waals surface area contributed by atoms with Crippen LogP contribution in [0.15, 0.2) is 42.6 Å². The van der Waals surface area contributed by atoms with Crippen LogP contribution in [0.5, 0.6) is 5.75 Å². The second-order valence-electron chi connectivity index (χ2n) is 7.18. The van der Waals surface area contributed by atoms with Gasteiger partial charge in [0.05, 0.1) is 7.11 Å². The topological polar surface area (TPSA) is 55.6 Å². The van der Waals surface area contributed by atoms with Gasteiger partial charge in [0.1, 0.15) is 22.9 Å². The lowest BCUT2D eigenvalue weighted by molar-refractivity contribution is -0.116. The second-order valence-corrected chi connectivity index (χ2v) is 7.18. The molecule has 0 bridgehead atoms. The zero-order valence-electron chi connectivity index (χ0n) is 17.0. The molecular weight excluding hydrogens is 350 g/mol. The maximum absolute atomic E-state index is 12.6. The number of rotatable bonds is 9. The Labute approximate surface area is 166 Å². The standard InChI is InChI=1S/C23H29N3O2/c1-4-5-6-7-8-9-21(27)25-23-22(18-10-12-19(28-3)13-11-18)24-20-16-17(2)14-15-26(20)23/h10-16H,4-9H2,1-3H3,(H,25,27). The number of aryl methyl sites for hydroxylation is 1. The number of hydrogen-bond donors (Lipinski definition) is 1. The van der Waals surface area contributed by atoms with E-state index in [1.54, 1.807) is 7.11 Å². The quantitative estimate of drug-likeness (QED) is 0.491. The Morgan fingerprint density at radius 2 is 1.86 bits per heavy atom. The summed E-state index contributed by atoms with van der Waals surface area (Å²) in [5, 5.41) is 3.10. The molecule has 2 aromatic heterocycles. The molecular formula is C23H29N3O2. The van der Waals surface area contributed by atoms with Crippen LogP contribution in [-0.4, -0.2) is 22.4 Å².